The highest BCUT2D eigenvalue weighted by atomic mass is 19.3. The van der Waals surface area contributed by atoms with Crippen LogP contribution in [0.5, 0.6) is 0 Å². The standard InChI is InChI=1S/C19H34F2/c1-3-5-15-6-10-17(11-7-15)18-12-8-16(9-13-18)14-19(20,21)4-2/h15-18H,3-14H2,1-2H3. The predicted octanol–water partition coefficient (Wildman–Crippen LogP) is 6.83. The normalized spacial score (nSPS) is 34.9. The molecule has 0 unspecified atom stereocenters. The van der Waals surface area contributed by atoms with Gasteiger partial charge in [0.25, 0.3) is 0 Å². The molecule has 0 aromatic carbocycles. The second-order valence-corrected chi connectivity index (χ2v) is 7.76. The Kier molecular flexibility index (Phi) is 6.50. The van der Waals surface area contributed by atoms with Crippen LogP contribution in [0.15, 0.2) is 0 Å². The summed E-state index contributed by atoms with van der Waals surface area (Å²) in [6.07, 6.45) is 13.1. The van der Waals surface area contributed by atoms with Gasteiger partial charge in [-0.25, -0.2) is 8.78 Å². The highest BCUT2D eigenvalue weighted by Gasteiger charge is 2.35. The molecular formula is C19H34F2. The van der Waals surface area contributed by atoms with Crippen LogP contribution in [0, 0.1) is 23.7 Å². The van der Waals surface area contributed by atoms with Crippen molar-refractivity contribution >= 4 is 0 Å². The molecule has 2 aliphatic rings. The van der Waals surface area contributed by atoms with Gasteiger partial charge in [0.1, 0.15) is 0 Å². The van der Waals surface area contributed by atoms with E-state index in [0.717, 1.165) is 30.6 Å². The molecule has 0 amide bonds. The van der Waals surface area contributed by atoms with Crippen molar-refractivity contribution < 1.29 is 8.78 Å². The predicted molar refractivity (Wildman–Crippen MR) is 85.7 cm³/mol. The summed E-state index contributed by atoms with van der Waals surface area (Å²) in [5.41, 5.74) is 0. The minimum atomic E-state index is -2.42. The van der Waals surface area contributed by atoms with E-state index in [9.17, 15) is 8.78 Å². The van der Waals surface area contributed by atoms with Gasteiger partial charge in [-0.2, -0.15) is 0 Å². The quantitative estimate of drug-likeness (QED) is 0.504. The summed E-state index contributed by atoms with van der Waals surface area (Å²) in [6.45, 7) is 3.90. The van der Waals surface area contributed by atoms with Crippen molar-refractivity contribution in [3.05, 3.63) is 0 Å². The van der Waals surface area contributed by atoms with E-state index in [-0.39, 0.29) is 18.8 Å². The fourth-order valence-corrected chi connectivity index (χ4v) is 4.79. The van der Waals surface area contributed by atoms with Crippen molar-refractivity contribution in [2.45, 2.75) is 96.8 Å². The second kappa shape index (κ2) is 7.92. The molecule has 2 aliphatic carbocycles. The Labute approximate surface area is 130 Å². The zero-order chi connectivity index (χ0) is 15.3. The van der Waals surface area contributed by atoms with Gasteiger partial charge >= 0.3 is 0 Å². The molecule has 0 atom stereocenters. The molecule has 0 bridgehead atoms. The number of alkyl halides is 2. The average Bonchev–Trinajstić information content (AvgIpc) is 2.49. The van der Waals surface area contributed by atoms with Gasteiger partial charge < -0.3 is 0 Å². The van der Waals surface area contributed by atoms with E-state index >= 15 is 0 Å². The topological polar surface area (TPSA) is 0 Å². The minimum Gasteiger partial charge on any atom is -0.207 e. The molecule has 0 aromatic rings. The van der Waals surface area contributed by atoms with Crippen LogP contribution in [-0.2, 0) is 0 Å². The van der Waals surface area contributed by atoms with Crippen LogP contribution in [0.3, 0.4) is 0 Å². The Morgan fingerprint density at radius 1 is 0.762 bits per heavy atom. The van der Waals surface area contributed by atoms with Crippen LogP contribution in [0.4, 0.5) is 8.78 Å². The fourth-order valence-electron chi connectivity index (χ4n) is 4.79. The molecule has 0 N–H and O–H groups in total. The van der Waals surface area contributed by atoms with Crippen LogP contribution in [0.1, 0.15) is 90.9 Å². The summed E-state index contributed by atoms with van der Waals surface area (Å²) in [4.78, 5) is 0. The van der Waals surface area contributed by atoms with Crippen LogP contribution in [0.2, 0.25) is 0 Å². The SMILES string of the molecule is CCCC1CCC(C2CCC(CC(F)(F)CC)CC2)CC1. The zero-order valence-corrected chi connectivity index (χ0v) is 14.1. The summed E-state index contributed by atoms with van der Waals surface area (Å²) in [5, 5.41) is 0. The number of hydrogen-bond acceptors (Lipinski definition) is 0. The molecular weight excluding hydrogens is 266 g/mol. The van der Waals surface area contributed by atoms with Crippen LogP contribution >= 0.6 is 0 Å². The summed E-state index contributed by atoms with van der Waals surface area (Å²) < 4.78 is 27.0. The third-order valence-electron chi connectivity index (χ3n) is 6.25. The Hall–Kier alpha value is -0.140. The van der Waals surface area contributed by atoms with E-state index in [1.807, 2.05) is 0 Å². The van der Waals surface area contributed by atoms with Crippen molar-refractivity contribution in [1.82, 2.24) is 0 Å². The summed E-state index contributed by atoms with van der Waals surface area (Å²) in [5.74, 6) is 0.596. The Balaban J connectivity index is 1.70. The Morgan fingerprint density at radius 3 is 1.67 bits per heavy atom. The van der Waals surface area contributed by atoms with Crippen LogP contribution in [-0.4, -0.2) is 5.92 Å². The molecule has 0 heterocycles. The first-order valence-electron chi connectivity index (χ1n) is 9.42. The number of hydrogen-bond donors (Lipinski definition) is 0. The molecule has 2 saturated carbocycles. The van der Waals surface area contributed by atoms with Crippen molar-refractivity contribution in [2.24, 2.45) is 23.7 Å². The molecule has 124 valence electrons. The molecule has 0 radical (unpaired) electrons. The lowest BCUT2D eigenvalue weighted by atomic mass is 9.68. The number of halogens is 2. The first-order valence-corrected chi connectivity index (χ1v) is 9.42. The lowest BCUT2D eigenvalue weighted by Gasteiger charge is -2.38. The number of rotatable bonds is 6. The summed E-state index contributed by atoms with van der Waals surface area (Å²) in [6, 6.07) is 0. The van der Waals surface area contributed by atoms with Gasteiger partial charge in [0.2, 0.25) is 5.92 Å². The fraction of sp³-hybridized carbons (Fsp3) is 1.00. The maximum Gasteiger partial charge on any atom is 0.248 e. The molecule has 0 spiro atoms. The van der Waals surface area contributed by atoms with Gasteiger partial charge in [0, 0.05) is 12.8 Å². The first-order chi connectivity index (χ1) is 10.0. The minimum absolute atomic E-state index is 0.00830. The van der Waals surface area contributed by atoms with Crippen LogP contribution < -0.4 is 0 Å². The molecule has 2 fully saturated rings. The van der Waals surface area contributed by atoms with Gasteiger partial charge in [-0.15, -0.1) is 0 Å². The zero-order valence-electron chi connectivity index (χ0n) is 14.1. The largest absolute Gasteiger partial charge is 0.248 e. The molecule has 0 nitrogen and oxygen atoms in total. The first kappa shape index (κ1) is 17.2. The lowest BCUT2D eigenvalue weighted by molar-refractivity contribution is -0.0343. The van der Waals surface area contributed by atoms with Gasteiger partial charge in [-0.1, -0.05) is 39.5 Å². The maximum atomic E-state index is 13.5. The summed E-state index contributed by atoms with van der Waals surface area (Å²) in [7, 11) is 0. The van der Waals surface area contributed by atoms with E-state index in [0.29, 0.717) is 0 Å². The van der Waals surface area contributed by atoms with E-state index in [2.05, 4.69) is 6.92 Å². The molecule has 2 rings (SSSR count). The van der Waals surface area contributed by atoms with Gasteiger partial charge in [-0.3, -0.25) is 0 Å². The smallest absolute Gasteiger partial charge is 0.207 e. The van der Waals surface area contributed by atoms with Gasteiger partial charge in [0.15, 0.2) is 0 Å². The van der Waals surface area contributed by atoms with Crippen molar-refractivity contribution in [2.75, 3.05) is 0 Å². The van der Waals surface area contributed by atoms with Crippen LogP contribution in [0.25, 0.3) is 0 Å². The maximum absolute atomic E-state index is 13.5. The van der Waals surface area contributed by atoms with E-state index < -0.39 is 5.92 Å². The van der Waals surface area contributed by atoms with E-state index in [1.165, 1.54) is 51.4 Å². The highest BCUT2D eigenvalue weighted by Crippen LogP contribution is 2.44. The average molecular weight is 300 g/mol. The van der Waals surface area contributed by atoms with Crippen molar-refractivity contribution in [3.63, 3.8) is 0 Å². The monoisotopic (exact) mass is 300 g/mol. The van der Waals surface area contributed by atoms with Crippen molar-refractivity contribution in [3.8, 4) is 0 Å². The Bertz CT molecular complexity index is 284. The molecule has 0 aromatic heterocycles. The van der Waals surface area contributed by atoms with Gasteiger partial charge in [0.05, 0.1) is 0 Å². The Morgan fingerprint density at radius 2 is 1.24 bits per heavy atom. The third kappa shape index (κ3) is 5.21. The molecule has 0 saturated heterocycles. The molecule has 2 heteroatoms. The van der Waals surface area contributed by atoms with Gasteiger partial charge in [-0.05, 0) is 62.2 Å². The van der Waals surface area contributed by atoms with E-state index in [1.54, 1.807) is 6.92 Å². The van der Waals surface area contributed by atoms with E-state index in [4.69, 9.17) is 0 Å². The van der Waals surface area contributed by atoms with Crippen molar-refractivity contribution in [1.29, 1.82) is 0 Å². The second-order valence-electron chi connectivity index (χ2n) is 7.76. The third-order valence-corrected chi connectivity index (χ3v) is 6.25. The molecule has 0 aliphatic heterocycles. The molecule has 21 heavy (non-hydrogen) atoms. The highest BCUT2D eigenvalue weighted by molar-refractivity contribution is 4.83. The summed E-state index contributed by atoms with van der Waals surface area (Å²) >= 11 is 0. The lowest BCUT2D eigenvalue weighted by Crippen LogP contribution is -2.28.